The van der Waals surface area contributed by atoms with Gasteiger partial charge in [-0.15, -0.1) is 0 Å². The fourth-order valence-corrected chi connectivity index (χ4v) is 1.28. The minimum absolute atomic E-state index is 0.345. The Labute approximate surface area is 90.1 Å². The zero-order chi connectivity index (χ0) is 11.3. The lowest BCUT2D eigenvalue weighted by molar-refractivity contribution is -0.123. The van der Waals surface area contributed by atoms with E-state index in [0.29, 0.717) is 12.5 Å². The first kappa shape index (κ1) is 11.7. The van der Waals surface area contributed by atoms with Crippen molar-refractivity contribution in [1.82, 2.24) is 5.32 Å². The van der Waals surface area contributed by atoms with Gasteiger partial charge in [-0.2, -0.15) is 0 Å². The fraction of sp³-hybridized carbons (Fsp3) is 0.417. The summed E-state index contributed by atoms with van der Waals surface area (Å²) in [6.07, 6.45) is 0. The molecule has 0 aliphatic rings. The molecule has 1 aromatic rings. The summed E-state index contributed by atoms with van der Waals surface area (Å²) in [5.41, 5.74) is 2.33. The molecule has 0 saturated carbocycles. The minimum Gasteiger partial charge on any atom is -0.387 e. The fourth-order valence-electron chi connectivity index (χ4n) is 1.28. The molecule has 0 bridgehead atoms. The molecular weight excluding hydrogens is 190 g/mol. The van der Waals surface area contributed by atoms with Gasteiger partial charge in [-0.3, -0.25) is 4.79 Å². The van der Waals surface area contributed by atoms with Crippen LogP contribution >= 0.6 is 0 Å². The number of carbonyl (C=O) groups excluding carboxylic acids is 1. The maximum absolute atomic E-state index is 10.8. The van der Waals surface area contributed by atoms with Crippen molar-refractivity contribution in [3.63, 3.8) is 0 Å². The second-order valence-electron chi connectivity index (χ2n) is 3.83. The van der Waals surface area contributed by atoms with Crippen molar-refractivity contribution in [3.8, 4) is 0 Å². The molecule has 0 fully saturated rings. The number of aliphatic hydroxyl groups excluding tert-OH is 1. The Bertz CT molecular complexity index is 317. The van der Waals surface area contributed by atoms with Crippen molar-refractivity contribution in [2.24, 2.45) is 0 Å². The van der Waals surface area contributed by atoms with Gasteiger partial charge in [0.15, 0.2) is 0 Å². The summed E-state index contributed by atoms with van der Waals surface area (Å²) >= 11 is 0. The molecular formula is C12H17NO2. The number of rotatable bonds is 4. The highest BCUT2D eigenvalue weighted by molar-refractivity contribution is 5.76. The molecule has 0 heterocycles. The summed E-state index contributed by atoms with van der Waals surface area (Å²) in [6, 6.07) is 8.11. The van der Waals surface area contributed by atoms with E-state index in [4.69, 9.17) is 5.11 Å². The first-order chi connectivity index (χ1) is 7.13. The Morgan fingerprint density at radius 1 is 1.33 bits per heavy atom. The zero-order valence-corrected chi connectivity index (χ0v) is 9.16. The molecule has 1 amide bonds. The molecule has 0 unspecified atom stereocenters. The van der Waals surface area contributed by atoms with Crippen LogP contribution in [0.5, 0.6) is 0 Å². The molecule has 0 aliphatic carbocycles. The Kier molecular flexibility index (Phi) is 4.31. The van der Waals surface area contributed by atoms with Crippen molar-refractivity contribution >= 4 is 5.91 Å². The Morgan fingerprint density at radius 3 is 2.40 bits per heavy atom. The predicted octanol–water partition coefficient (Wildman–Crippen LogP) is 1.42. The van der Waals surface area contributed by atoms with E-state index in [-0.39, 0.29) is 5.91 Å². The second-order valence-corrected chi connectivity index (χ2v) is 3.83. The molecule has 3 nitrogen and oxygen atoms in total. The van der Waals surface area contributed by atoms with Gasteiger partial charge in [-0.25, -0.2) is 0 Å². The van der Waals surface area contributed by atoms with Crippen LogP contribution in [0.25, 0.3) is 0 Å². The largest absolute Gasteiger partial charge is 0.387 e. The highest BCUT2D eigenvalue weighted by Gasteiger charge is 2.00. The minimum atomic E-state index is -0.454. The number of aliphatic hydroxyl groups is 1. The average Bonchev–Trinajstić information content (AvgIpc) is 2.26. The number of carbonyl (C=O) groups is 1. The summed E-state index contributed by atoms with van der Waals surface area (Å²) in [6.45, 7) is 4.30. The molecule has 3 heteroatoms. The van der Waals surface area contributed by atoms with E-state index >= 15 is 0 Å². The molecule has 0 radical (unpaired) electrons. The average molecular weight is 207 g/mol. The van der Waals surface area contributed by atoms with Gasteiger partial charge in [0.05, 0.1) is 0 Å². The van der Waals surface area contributed by atoms with Gasteiger partial charge < -0.3 is 10.4 Å². The van der Waals surface area contributed by atoms with Crippen LogP contribution in [0, 0.1) is 0 Å². The molecule has 82 valence electrons. The maximum atomic E-state index is 10.8. The van der Waals surface area contributed by atoms with Crippen molar-refractivity contribution < 1.29 is 9.90 Å². The van der Waals surface area contributed by atoms with E-state index in [9.17, 15) is 4.79 Å². The van der Waals surface area contributed by atoms with Crippen LogP contribution in [0.15, 0.2) is 24.3 Å². The third-order valence-corrected chi connectivity index (χ3v) is 2.28. The molecule has 0 saturated heterocycles. The zero-order valence-electron chi connectivity index (χ0n) is 9.16. The lowest BCUT2D eigenvalue weighted by Gasteiger charge is -2.07. The van der Waals surface area contributed by atoms with E-state index < -0.39 is 6.61 Å². The lowest BCUT2D eigenvalue weighted by Crippen LogP contribution is -2.25. The van der Waals surface area contributed by atoms with Gasteiger partial charge >= 0.3 is 0 Å². The molecule has 15 heavy (non-hydrogen) atoms. The maximum Gasteiger partial charge on any atom is 0.245 e. The predicted molar refractivity (Wildman–Crippen MR) is 59.5 cm³/mol. The summed E-state index contributed by atoms with van der Waals surface area (Å²) in [5, 5.41) is 11.1. The molecule has 0 aromatic heterocycles. The highest BCUT2D eigenvalue weighted by Crippen LogP contribution is 2.14. The van der Waals surface area contributed by atoms with Gasteiger partial charge in [0.2, 0.25) is 5.91 Å². The van der Waals surface area contributed by atoms with Crippen LogP contribution in [0.3, 0.4) is 0 Å². The molecule has 1 rings (SSSR count). The monoisotopic (exact) mass is 207 g/mol. The Morgan fingerprint density at radius 2 is 1.93 bits per heavy atom. The van der Waals surface area contributed by atoms with E-state index in [1.807, 2.05) is 12.1 Å². The molecule has 0 spiro atoms. The lowest BCUT2D eigenvalue weighted by atomic mass is 10.0. The van der Waals surface area contributed by atoms with Crippen LogP contribution in [0.4, 0.5) is 0 Å². The van der Waals surface area contributed by atoms with Gasteiger partial charge in [-0.1, -0.05) is 38.1 Å². The van der Waals surface area contributed by atoms with Crippen LogP contribution in [-0.2, 0) is 11.3 Å². The van der Waals surface area contributed by atoms with Crippen LogP contribution in [0.1, 0.15) is 30.9 Å². The number of hydrogen-bond acceptors (Lipinski definition) is 2. The quantitative estimate of drug-likeness (QED) is 0.784. The normalized spacial score (nSPS) is 10.4. The molecule has 1 aromatic carbocycles. The molecule has 0 atom stereocenters. The number of amides is 1. The van der Waals surface area contributed by atoms with Crippen LogP contribution in [0.2, 0.25) is 0 Å². The SMILES string of the molecule is CC(C)c1ccc(CNC(=O)CO)cc1. The van der Waals surface area contributed by atoms with E-state index in [2.05, 4.69) is 31.3 Å². The number of benzene rings is 1. The third kappa shape index (κ3) is 3.72. The number of nitrogens with one attached hydrogen (secondary N) is 1. The van der Waals surface area contributed by atoms with Gasteiger partial charge in [0.25, 0.3) is 0 Å². The first-order valence-corrected chi connectivity index (χ1v) is 5.10. The van der Waals surface area contributed by atoms with Gasteiger partial charge in [0, 0.05) is 6.54 Å². The Hall–Kier alpha value is -1.35. The molecule has 2 N–H and O–H groups in total. The van der Waals surface area contributed by atoms with Crippen LogP contribution < -0.4 is 5.32 Å². The standard InChI is InChI=1S/C12H17NO2/c1-9(2)11-5-3-10(4-6-11)7-13-12(15)8-14/h3-6,9,14H,7-8H2,1-2H3,(H,13,15). The van der Waals surface area contributed by atoms with E-state index in [1.165, 1.54) is 5.56 Å². The van der Waals surface area contributed by atoms with Gasteiger partial charge in [0.1, 0.15) is 6.61 Å². The second kappa shape index (κ2) is 5.51. The van der Waals surface area contributed by atoms with Crippen molar-refractivity contribution in [2.45, 2.75) is 26.3 Å². The first-order valence-electron chi connectivity index (χ1n) is 5.10. The molecule has 0 aliphatic heterocycles. The summed E-state index contributed by atoms with van der Waals surface area (Å²) in [5.74, 6) is 0.175. The third-order valence-electron chi connectivity index (χ3n) is 2.28. The topological polar surface area (TPSA) is 49.3 Å². The van der Waals surface area contributed by atoms with Crippen molar-refractivity contribution in [2.75, 3.05) is 6.61 Å². The van der Waals surface area contributed by atoms with Crippen LogP contribution in [-0.4, -0.2) is 17.6 Å². The van der Waals surface area contributed by atoms with Gasteiger partial charge in [-0.05, 0) is 17.0 Å². The summed E-state index contributed by atoms with van der Waals surface area (Å²) in [4.78, 5) is 10.8. The van der Waals surface area contributed by atoms with Crippen molar-refractivity contribution in [3.05, 3.63) is 35.4 Å². The Balaban J connectivity index is 2.53. The van der Waals surface area contributed by atoms with Crippen molar-refractivity contribution in [1.29, 1.82) is 0 Å². The number of hydrogen-bond donors (Lipinski definition) is 2. The summed E-state index contributed by atoms with van der Waals surface area (Å²) < 4.78 is 0. The van der Waals surface area contributed by atoms with E-state index in [0.717, 1.165) is 5.56 Å². The summed E-state index contributed by atoms with van der Waals surface area (Å²) in [7, 11) is 0. The smallest absolute Gasteiger partial charge is 0.245 e. The van der Waals surface area contributed by atoms with E-state index in [1.54, 1.807) is 0 Å². The highest BCUT2D eigenvalue weighted by atomic mass is 16.3.